The fourth-order valence-electron chi connectivity index (χ4n) is 2.50. The predicted octanol–water partition coefficient (Wildman–Crippen LogP) is 2.18. The molecule has 9 nitrogen and oxygen atoms in total. The molecule has 0 unspecified atom stereocenters. The molecular formula is C21H23F2N3O6. The lowest BCUT2D eigenvalue weighted by Crippen LogP contribution is -2.32. The molecule has 0 saturated heterocycles. The summed E-state index contributed by atoms with van der Waals surface area (Å²) in [6.45, 7) is -1.17. The minimum atomic E-state index is -3.03. The molecule has 32 heavy (non-hydrogen) atoms. The van der Waals surface area contributed by atoms with Crippen LogP contribution < -0.4 is 30.2 Å². The monoisotopic (exact) mass is 451 g/mol. The first-order chi connectivity index (χ1) is 15.3. The van der Waals surface area contributed by atoms with Gasteiger partial charge in [-0.25, -0.2) is 0 Å². The molecule has 0 aromatic heterocycles. The molecular weight excluding hydrogens is 428 g/mol. The summed E-state index contributed by atoms with van der Waals surface area (Å²) >= 11 is 0. The Morgan fingerprint density at radius 3 is 2.31 bits per heavy atom. The van der Waals surface area contributed by atoms with Crippen molar-refractivity contribution in [1.29, 1.82) is 0 Å². The van der Waals surface area contributed by atoms with Crippen molar-refractivity contribution in [1.82, 2.24) is 10.6 Å². The Morgan fingerprint density at radius 1 is 0.969 bits per heavy atom. The zero-order valence-corrected chi connectivity index (χ0v) is 17.4. The first-order valence-corrected chi connectivity index (χ1v) is 9.52. The molecule has 3 N–H and O–H groups in total. The van der Waals surface area contributed by atoms with Gasteiger partial charge in [0.05, 0.1) is 13.7 Å². The standard InChI is InChI=1S/C21H23F2N3O6/c1-3-24-19(28)12-31-15-7-5-14(6-8-15)26-18(27)11-25-20(29)13-4-9-16(32-21(22)23)17(10-13)30-2/h4-10,21H,3,11-12H2,1-2H3,(H,24,28)(H,25,29)(H,26,27). The third kappa shape index (κ3) is 7.74. The van der Waals surface area contributed by atoms with Crippen LogP contribution in [0.1, 0.15) is 17.3 Å². The van der Waals surface area contributed by atoms with Crippen LogP contribution in [0.2, 0.25) is 0 Å². The number of carbonyl (C=O) groups is 3. The molecule has 0 fully saturated rings. The number of halogens is 2. The largest absolute Gasteiger partial charge is 0.493 e. The normalized spacial score (nSPS) is 10.3. The number of nitrogens with one attached hydrogen (secondary N) is 3. The number of alkyl halides is 2. The van der Waals surface area contributed by atoms with Crippen molar-refractivity contribution in [2.75, 3.05) is 32.1 Å². The van der Waals surface area contributed by atoms with Crippen molar-refractivity contribution in [3.8, 4) is 17.2 Å². The third-order valence-corrected chi connectivity index (χ3v) is 3.93. The zero-order chi connectivity index (χ0) is 23.5. The maximum atomic E-state index is 12.4. The van der Waals surface area contributed by atoms with Crippen molar-refractivity contribution >= 4 is 23.4 Å². The Labute approximate surface area is 183 Å². The number of likely N-dealkylation sites (N-methyl/N-ethyl adjacent to an activating group) is 1. The Bertz CT molecular complexity index is 938. The molecule has 11 heteroatoms. The van der Waals surface area contributed by atoms with Crippen LogP contribution in [0, 0.1) is 0 Å². The third-order valence-electron chi connectivity index (χ3n) is 3.93. The SMILES string of the molecule is CCNC(=O)COc1ccc(NC(=O)CNC(=O)c2ccc(OC(F)F)c(OC)c2)cc1. The second-order valence-corrected chi connectivity index (χ2v) is 6.24. The molecule has 0 aliphatic rings. The summed E-state index contributed by atoms with van der Waals surface area (Å²) in [5, 5.41) is 7.63. The Kier molecular flexibility index (Phi) is 9.21. The van der Waals surface area contributed by atoms with E-state index in [4.69, 9.17) is 9.47 Å². The lowest BCUT2D eigenvalue weighted by Gasteiger charge is -2.12. The quantitative estimate of drug-likeness (QED) is 0.483. The maximum absolute atomic E-state index is 12.4. The van der Waals surface area contributed by atoms with Gasteiger partial charge >= 0.3 is 6.61 Å². The average Bonchev–Trinajstić information content (AvgIpc) is 2.77. The smallest absolute Gasteiger partial charge is 0.387 e. The van der Waals surface area contributed by atoms with Crippen LogP contribution in [0.15, 0.2) is 42.5 Å². The van der Waals surface area contributed by atoms with E-state index < -0.39 is 18.4 Å². The van der Waals surface area contributed by atoms with Gasteiger partial charge in [0.2, 0.25) is 5.91 Å². The van der Waals surface area contributed by atoms with Crippen molar-refractivity contribution in [2.45, 2.75) is 13.5 Å². The van der Waals surface area contributed by atoms with Crippen molar-refractivity contribution in [2.24, 2.45) is 0 Å². The number of rotatable bonds is 11. The highest BCUT2D eigenvalue weighted by atomic mass is 19.3. The Morgan fingerprint density at radius 2 is 1.69 bits per heavy atom. The van der Waals surface area contributed by atoms with Crippen molar-refractivity contribution in [3.05, 3.63) is 48.0 Å². The number of anilines is 1. The molecule has 2 aromatic rings. The number of carbonyl (C=O) groups excluding carboxylic acids is 3. The minimum Gasteiger partial charge on any atom is -0.493 e. The molecule has 0 bridgehead atoms. The van der Waals surface area contributed by atoms with Crippen LogP contribution in [-0.2, 0) is 9.59 Å². The van der Waals surface area contributed by atoms with E-state index in [-0.39, 0.29) is 36.1 Å². The summed E-state index contributed by atoms with van der Waals surface area (Å²) in [7, 11) is 1.25. The molecule has 2 aromatic carbocycles. The van der Waals surface area contributed by atoms with E-state index in [2.05, 4.69) is 20.7 Å². The highest BCUT2D eigenvalue weighted by molar-refractivity contribution is 5.99. The summed E-state index contributed by atoms with van der Waals surface area (Å²) < 4.78 is 39.3. The molecule has 0 saturated carbocycles. The van der Waals surface area contributed by atoms with Gasteiger partial charge in [-0.15, -0.1) is 0 Å². The summed E-state index contributed by atoms with van der Waals surface area (Å²) in [6.07, 6.45) is 0. The van der Waals surface area contributed by atoms with Gasteiger partial charge in [-0.2, -0.15) is 8.78 Å². The summed E-state index contributed by atoms with van der Waals surface area (Å²) in [5.74, 6) is -1.13. The lowest BCUT2D eigenvalue weighted by atomic mass is 10.2. The van der Waals surface area contributed by atoms with Gasteiger partial charge in [0.25, 0.3) is 11.8 Å². The lowest BCUT2D eigenvalue weighted by molar-refractivity contribution is -0.123. The van der Waals surface area contributed by atoms with Gasteiger partial charge in [0.1, 0.15) is 5.75 Å². The molecule has 3 amide bonds. The van der Waals surface area contributed by atoms with E-state index in [1.54, 1.807) is 31.2 Å². The number of hydrogen-bond acceptors (Lipinski definition) is 6. The van der Waals surface area contributed by atoms with Crippen LogP contribution >= 0.6 is 0 Å². The fourth-order valence-corrected chi connectivity index (χ4v) is 2.50. The van der Waals surface area contributed by atoms with Crippen molar-refractivity contribution < 1.29 is 37.4 Å². The van der Waals surface area contributed by atoms with Gasteiger partial charge in [0.15, 0.2) is 18.1 Å². The molecule has 0 aliphatic heterocycles. The number of amides is 3. The van der Waals surface area contributed by atoms with Gasteiger partial charge in [-0.3, -0.25) is 14.4 Å². The second-order valence-electron chi connectivity index (χ2n) is 6.24. The van der Waals surface area contributed by atoms with E-state index in [0.29, 0.717) is 18.0 Å². The van der Waals surface area contributed by atoms with E-state index in [9.17, 15) is 23.2 Å². The van der Waals surface area contributed by atoms with Crippen LogP contribution in [0.25, 0.3) is 0 Å². The Balaban J connectivity index is 1.84. The first-order valence-electron chi connectivity index (χ1n) is 9.52. The van der Waals surface area contributed by atoms with E-state index in [0.717, 1.165) is 0 Å². The molecule has 0 aliphatic carbocycles. The number of hydrogen-bond donors (Lipinski definition) is 3. The topological polar surface area (TPSA) is 115 Å². The summed E-state index contributed by atoms with van der Waals surface area (Å²) in [4.78, 5) is 35.7. The number of methoxy groups -OCH3 is 1. The molecule has 0 heterocycles. The van der Waals surface area contributed by atoms with Crippen LogP contribution in [0.3, 0.4) is 0 Å². The van der Waals surface area contributed by atoms with E-state index in [1.807, 2.05) is 0 Å². The van der Waals surface area contributed by atoms with Gasteiger partial charge in [0, 0.05) is 17.8 Å². The second kappa shape index (κ2) is 12.1. The zero-order valence-electron chi connectivity index (χ0n) is 17.4. The highest BCUT2D eigenvalue weighted by Crippen LogP contribution is 2.29. The first kappa shape index (κ1) is 24.4. The van der Waals surface area contributed by atoms with Crippen LogP contribution in [-0.4, -0.2) is 51.1 Å². The maximum Gasteiger partial charge on any atom is 0.387 e. The van der Waals surface area contributed by atoms with Crippen LogP contribution in [0.4, 0.5) is 14.5 Å². The Hall–Kier alpha value is -3.89. The van der Waals surface area contributed by atoms with Gasteiger partial charge in [-0.05, 0) is 49.4 Å². The molecule has 0 radical (unpaired) electrons. The molecule has 0 atom stereocenters. The van der Waals surface area contributed by atoms with Crippen molar-refractivity contribution in [3.63, 3.8) is 0 Å². The van der Waals surface area contributed by atoms with Crippen LogP contribution in [0.5, 0.6) is 17.2 Å². The van der Waals surface area contributed by atoms with Gasteiger partial charge < -0.3 is 30.2 Å². The summed E-state index contributed by atoms with van der Waals surface area (Å²) in [6, 6.07) is 10.0. The molecule has 0 spiro atoms. The van der Waals surface area contributed by atoms with E-state index in [1.165, 1.54) is 25.3 Å². The predicted molar refractivity (Wildman–Crippen MR) is 111 cm³/mol. The van der Waals surface area contributed by atoms with Gasteiger partial charge in [-0.1, -0.05) is 0 Å². The molecule has 2 rings (SSSR count). The number of benzene rings is 2. The number of ether oxygens (including phenoxy) is 3. The summed E-state index contributed by atoms with van der Waals surface area (Å²) in [5.41, 5.74) is 0.564. The van der Waals surface area contributed by atoms with E-state index >= 15 is 0 Å². The average molecular weight is 451 g/mol. The highest BCUT2D eigenvalue weighted by Gasteiger charge is 2.15. The molecule has 172 valence electrons. The fraction of sp³-hybridized carbons (Fsp3) is 0.286. The minimum absolute atomic E-state index is 0.0446.